The number of piperidine rings is 1. The van der Waals surface area contributed by atoms with E-state index in [4.69, 9.17) is 5.26 Å². The first kappa shape index (κ1) is 23.9. The Morgan fingerprint density at radius 2 is 1.97 bits per heavy atom. The van der Waals surface area contributed by atoms with E-state index in [1.165, 1.54) is 17.0 Å². The lowest BCUT2D eigenvalue weighted by Crippen LogP contribution is -2.54. The van der Waals surface area contributed by atoms with Crippen molar-refractivity contribution in [2.24, 2.45) is 5.92 Å². The van der Waals surface area contributed by atoms with Crippen LogP contribution in [-0.2, 0) is 16.1 Å². The minimum absolute atomic E-state index is 0.00130. The van der Waals surface area contributed by atoms with Gasteiger partial charge in [-0.15, -0.1) is 13.2 Å². The average molecular weight is 453 g/mol. The molecule has 0 spiro atoms. The van der Waals surface area contributed by atoms with Crippen molar-refractivity contribution in [2.75, 3.05) is 13.1 Å². The van der Waals surface area contributed by atoms with Gasteiger partial charge in [0, 0.05) is 25.2 Å². The molecule has 3 rings (SSSR count). The lowest BCUT2D eigenvalue weighted by atomic mass is 9.83. The van der Waals surface area contributed by atoms with Gasteiger partial charge in [0.15, 0.2) is 0 Å². The second kappa shape index (κ2) is 9.77. The predicted octanol–water partition coefficient (Wildman–Crippen LogP) is 3.01. The standard InChI is InChI=1S/C22H26F3N3O4/c23-22(24,25)32-18-11-15(12-26)6-7-16(18)13-27-19(29)17-5-4-10-28(14-17)20(30)21(31)8-2-1-3-9-21/h6-7,11,17,31H,1-5,8-10,13-14H2,(H,27,29)/t17-/m1/s1. The molecular weight excluding hydrogens is 427 g/mol. The highest BCUT2D eigenvalue weighted by Gasteiger charge is 2.42. The van der Waals surface area contributed by atoms with E-state index in [9.17, 15) is 27.9 Å². The number of halogens is 3. The van der Waals surface area contributed by atoms with E-state index in [0.29, 0.717) is 32.2 Å². The Morgan fingerprint density at radius 3 is 2.62 bits per heavy atom. The fourth-order valence-electron chi connectivity index (χ4n) is 4.34. The number of rotatable bonds is 5. The Bertz CT molecular complexity index is 891. The van der Waals surface area contributed by atoms with Crippen LogP contribution in [0.1, 0.15) is 56.1 Å². The number of hydrogen-bond acceptors (Lipinski definition) is 5. The van der Waals surface area contributed by atoms with E-state index in [2.05, 4.69) is 10.1 Å². The first-order valence-electron chi connectivity index (χ1n) is 10.7. The molecule has 32 heavy (non-hydrogen) atoms. The van der Waals surface area contributed by atoms with Crippen LogP contribution in [0.15, 0.2) is 18.2 Å². The van der Waals surface area contributed by atoms with E-state index < -0.39 is 23.6 Å². The number of ether oxygens (including phenoxy) is 1. The maximum Gasteiger partial charge on any atom is 0.573 e. The smallest absolute Gasteiger partial charge is 0.405 e. The zero-order chi connectivity index (χ0) is 23.4. The molecule has 2 aliphatic rings. The molecular formula is C22H26F3N3O4. The minimum atomic E-state index is -4.93. The van der Waals surface area contributed by atoms with Gasteiger partial charge in [-0.1, -0.05) is 25.3 Å². The largest absolute Gasteiger partial charge is 0.573 e. The molecule has 2 fully saturated rings. The topological polar surface area (TPSA) is 103 Å². The SMILES string of the molecule is N#Cc1ccc(CNC(=O)[C@@H]2CCCN(C(=O)C3(O)CCCCC3)C2)c(OC(F)(F)F)c1. The molecule has 1 heterocycles. The van der Waals surface area contributed by atoms with Crippen molar-refractivity contribution in [1.29, 1.82) is 5.26 Å². The lowest BCUT2D eigenvalue weighted by Gasteiger charge is -2.39. The van der Waals surface area contributed by atoms with Crippen LogP contribution in [0, 0.1) is 17.2 Å². The normalized spacial score (nSPS) is 20.8. The van der Waals surface area contributed by atoms with Crippen LogP contribution in [0.5, 0.6) is 5.75 Å². The van der Waals surface area contributed by atoms with Gasteiger partial charge < -0.3 is 20.1 Å². The van der Waals surface area contributed by atoms with Crippen molar-refractivity contribution >= 4 is 11.8 Å². The van der Waals surface area contributed by atoms with E-state index in [1.807, 2.05) is 0 Å². The fourth-order valence-corrected chi connectivity index (χ4v) is 4.34. The number of nitrogens with one attached hydrogen (secondary N) is 1. The van der Waals surface area contributed by atoms with Crippen LogP contribution < -0.4 is 10.1 Å². The number of benzene rings is 1. The average Bonchev–Trinajstić information content (AvgIpc) is 2.77. The van der Waals surface area contributed by atoms with Gasteiger partial charge in [0.25, 0.3) is 5.91 Å². The maximum atomic E-state index is 12.9. The van der Waals surface area contributed by atoms with E-state index in [1.54, 1.807) is 6.07 Å². The summed E-state index contributed by atoms with van der Waals surface area (Å²) in [6.07, 6.45) is -0.418. The monoisotopic (exact) mass is 453 g/mol. The van der Waals surface area contributed by atoms with Crippen molar-refractivity contribution < 1.29 is 32.6 Å². The molecule has 10 heteroatoms. The molecule has 1 aliphatic carbocycles. The van der Waals surface area contributed by atoms with Crippen molar-refractivity contribution in [3.8, 4) is 11.8 Å². The summed E-state index contributed by atoms with van der Waals surface area (Å²) in [6, 6.07) is 5.37. The second-order valence-electron chi connectivity index (χ2n) is 8.38. The Kier molecular flexibility index (Phi) is 7.29. The van der Waals surface area contributed by atoms with Gasteiger partial charge in [-0.3, -0.25) is 9.59 Å². The van der Waals surface area contributed by atoms with Gasteiger partial charge in [0.05, 0.1) is 17.6 Å². The van der Waals surface area contributed by atoms with Crippen LogP contribution in [-0.4, -0.2) is 46.9 Å². The van der Waals surface area contributed by atoms with Crippen LogP contribution in [0.3, 0.4) is 0 Å². The third-order valence-electron chi connectivity index (χ3n) is 6.03. The highest BCUT2D eigenvalue weighted by Crippen LogP contribution is 2.32. The Labute approximate surface area is 184 Å². The third-order valence-corrected chi connectivity index (χ3v) is 6.03. The zero-order valence-corrected chi connectivity index (χ0v) is 17.6. The van der Waals surface area contributed by atoms with Gasteiger partial charge in [-0.05, 0) is 37.8 Å². The van der Waals surface area contributed by atoms with E-state index in [0.717, 1.165) is 25.3 Å². The number of hydrogen-bond donors (Lipinski definition) is 2. The number of carbonyl (C=O) groups is 2. The summed E-state index contributed by atoms with van der Waals surface area (Å²) < 4.78 is 42.1. The predicted molar refractivity (Wildman–Crippen MR) is 107 cm³/mol. The number of aliphatic hydroxyl groups is 1. The molecule has 0 aromatic heterocycles. The first-order valence-corrected chi connectivity index (χ1v) is 10.7. The third kappa shape index (κ3) is 5.91. The Hall–Kier alpha value is -2.80. The zero-order valence-electron chi connectivity index (χ0n) is 17.6. The second-order valence-corrected chi connectivity index (χ2v) is 8.38. The Balaban J connectivity index is 1.62. The summed E-state index contributed by atoms with van der Waals surface area (Å²) >= 11 is 0. The van der Waals surface area contributed by atoms with Crippen molar-refractivity contribution in [2.45, 2.75) is 63.5 Å². The van der Waals surface area contributed by atoms with Crippen molar-refractivity contribution in [1.82, 2.24) is 10.2 Å². The minimum Gasteiger partial charge on any atom is -0.405 e. The molecule has 0 bridgehead atoms. The van der Waals surface area contributed by atoms with Gasteiger partial charge in [0.1, 0.15) is 11.4 Å². The van der Waals surface area contributed by atoms with Crippen LogP contribution in [0.4, 0.5) is 13.2 Å². The number of nitriles is 1. The molecule has 2 N–H and O–H groups in total. The summed E-state index contributed by atoms with van der Waals surface area (Å²) in [5.41, 5.74) is -1.29. The lowest BCUT2D eigenvalue weighted by molar-refractivity contribution is -0.274. The molecule has 0 radical (unpaired) electrons. The summed E-state index contributed by atoms with van der Waals surface area (Å²) in [6.45, 7) is 0.403. The number of nitrogens with zero attached hydrogens (tertiary/aromatic N) is 2. The van der Waals surface area contributed by atoms with E-state index >= 15 is 0 Å². The molecule has 1 saturated carbocycles. The molecule has 174 valence electrons. The summed E-state index contributed by atoms with van der Waals surface area (Å²) in [4.78, 5) is 27.1. The van der Waals surface area contributed by atoms with Crippen molar-refractivity contribution in [3.63, 3.8) is 0 Å². The van der Waals surface area contributed by atoms with Gasteiger partial charge >= 0.3 is 6.36 Å². The molecule has 1 aromatic carbocycles. The number of likely N-dealkylation sites (tertiary alicyclic amines) is 1. The molecule has 7 nitrogen and oxygen atoms in total. The molecule has 1 saturated heterocycles. The Morgan fingerprint density at radius 1 is 1.25 bits per heavy atom. The molecule has 1 aliphatic heterocycles. The summed E-state index contributed by atoms with van der Waals surface area (Å²) in [5.74, 6) is -1.80. The number of amides is 2. The number of alkyl halides is 3. The molecule has 1 atom stereocenters. The number of carbonyl (C=O) groups excluding carboxylic acids is 2. The van der Waals surface area contributed by atoms with E-state index in [-0.39, 0.29) is 36.0 Å². The van der Waals surface area contributed by atoms with Gasteiger partial charge in [-0.2, -0.15) is 5.26 Å². The van der Waals surface area contributed by atoms with Gasteiger partial charge in [-0.25, -0.2) is 0 Å². The quantitative estimate of drug-likeness (QED) is 0.714. The maximum absolute atomic E-state index is 12.9. The van der Waals surface area contributed by atoms with Crippen LogP contribution in [0.25, 0.3) is 0 Å². The van der Waals surface area contributed by atoms with Crippen LogP contribution in [0.2, 0.25) is 0 Å². The summed E-state index contributed by atoms with van der Waals surface area (Å²) in [5, 5.41) is 22.2. The highest BCUT2D eigenvalue weighted by molar-refractivity contribution is 5.86. The highest BCUT2D eigenvalue weighted by atomic mass is 19.4. The fraction of sp³-hybridized carbons (Fsp3) is 0.591. The molecule has 1 aromatic rings. The molecule has 0 unspecified atom stereocenters. The molecule has 2 amide bonds. The van der Waals surface area contributed by atoms with Crippen LogP contribution >= 0.6 is 0 Å². The van der Waals surface area contributed by atoms with Gasteiger partial charge in [0.2, 0.25) is 5.91 Å². The first-order chi connectivity index (χ1) is 15.1. The van der Waals surface area contributed by atoms with Crippen molar-refractivity contribution in [3.05, 3.63) is 29.3 Å². The summed E-state index contributed by atoms with van der Waals surface area (Å²) in [7, 11) is 0.